The number of carboxylic acids is 1. The van der Waals surface area contributed by atoms with Crippen LogP contribution in [0.4, 0.5) is 0 Å². The first-order chi connectivity index (χ1) is 13.7. The van der Waals surface area contributed by atoms with Crippen LogP contribution in [0, 0.1) is 5.41 Å². The number of hydrogen-bond acceptors (Lipinski definition) is 5. The van der Waals surface area contributed by atoms with Crippen molar-refractivity contribution in [2.24, 2.45) is 5.41 Å². The molecule has 0 unspecified atom stereocenters. The highest BCUT2D eigenvalue weighted by Gasteiger charge is 2.20. The standard InChI is InChI=1S/C22H28O6S/c1-22(2,11-13-27-20-10-6-9-19(15-20)16-21(23)24)12-14-28-29(25,26)17-18-7-4-3-5-8-18/h3-10,15H,11-14,16-17H2,1-2H3,(H,23,24). The highest BCUT2D eigenvalue weighted by Crippen LogP contribution is 2.26. The summed E-state index contributed by atoms with van der Waals surface area (Å²) >= 11 is 0. The molecule has 158 valence electrons. The first-order valence-electron chi connectivity index (χ1n) is 9.50. The largest absolute Gasteiger partial charge is 0.494 e. The third-order valence-corrected chi connectivity index (χ3v) is 5.74. The van der Waals surface area contributed by atoms with Crippen molar-refractivity contribution in [3.8, 4) is 5.75 Å². The fourth-order valence-electron chi connectivity index (χ4n) is 2.75. The van der Waals surface area contributed by atoms with Gasteiger partial charge in [-0.15, -0.1) is 0 Å². The topological polar surface area (TPSA) is 89.9 Å². The number of rotatable bonds is 12. The molecule has 1 N–H and O–H groups in total. The second-order valence-corrected chi connectivity index (χ2v) is 9.38. The van der Waals surface area contributed by atoms with E-state index in [1.54, 1.807) is 48.5 Å². The summed E-state index contributed by atoms with van der Waals surface area (Å²) in [7, 11) is -3.61. The summed E-state index contributed by atoms with van der Waals surface area (Å²) in [5.41, 5.74) is 1.22. The molecule has 0 heterocycles. The van der Waals surface area contributed by atoms with Gasteiger partial charge in [-0.3, -0.25) is 8.98 Å². The van der Waals surface area contributed by atoms with Gasteiger partial charge in [-0.1, -0.05) is 56.3 Å². The van der Waals surface area contributed by atoms with Crippen molar-refractivity contribution in [3.63, 3.8) is 0 Å². The summed E-state index contributed by atoms with van der Waals surface area (Å²) in [5, 5.41) is 8.87. The zero-order chi connectivity index (χ0) is 21.3. The van der Waals surface area contributed by atoms with Gasteiger partial charge < -0.3 is 9.84 Å². The van der Waals surface area contributed by atoms with E-state index in [4.69, 9.17) is 14.0 Å². The molecule has 0 radical (unpaired) electrons. The number of ether oxygens (including phenoxy) is 1. The molecular formula is C22H28O6S. The normalized spacial score (nSPS) is 11.9. The van der Waals surface area contributed by atoms with Crippen LogP contribution in [0.15, 0.2) is 54.6 Å². The summed E-state index contributed by atoms with van der Waals surface area (Å²) in [6, 6.07) is 16.0. The third kappa shape index (κ3) is 9.11. The number of benzene rings is 2. The molecule has 0 aromatic heterocycles. The van der Waals surface area contributed by atoms with Gasteiger partial charge in [0.2, 0.25) is 0 Å². The van der Waals surface area contributed by atoms with Crippen LogP contribution in [0.3, 0.4) is 0 Å². The lowest BCUT2D eigenvalue weighted by Gasteiger charge is -2.24. The quantitative estimate of drug-likeness (QED) is 0.521. The number of hydrogen-bond donors (Lipinski definition) is 1. The number of aliphatic carboxylic acids is 1. The highest BCUT2D eigenvalue weighted by molar-refractivity contribution is 7.85. The molecule has 6 nitrogen and oxygen atoms in total. The lowest BCUT2D eigenvalue weighted by atomic mass is 9.86. The van der Waals surface area contributed by atoms with Crippen LogP contribution in [-0.2, 0) is 31.3 Å². The molecular weight excluding hydrogens is 392 g/mol. The average Bonchev–Trinajstić information content (AvgIpc) is 2.61. The lowest BCUT2D eigenvalue weighted by Crippen LogP contribution is -2.20. The molecule has 0 aliphatic carbocycles. The lowest BCUT2D eigenvalue weighted by molar-refractivity contribution is -0.136. The Kier molecular flexibility index (Phi) is 8.22. The summed E-state index contributed by atoms with van der Waals surface area (Å²) < 4.78 is 35.1. The highest BCUT2D eigenvalue weighted by atomic mass is 32.2. The number of carbonyl (C=O) groups is 1. The van der Waals surface area contributed by atoms with E-state index in [2.05, 4.69) is 0 Å². The van der Waals surface area contributed by atoms with Gasteiger partial charge in [0.1, 0.15) is 11.5 Å². The molecule has 0 saturated carbocycles. The third-order valence-electron chi connectivity index (χ3n) is 4.53. The maximum Gasteiger partial charge on any atom is 0.307 e. The van der Waals surface area contributed by atoms with Gasteiger partial charge in [0, 0.05) is 0 Å². The molecule has 2 aromatic carbocycles. The van der Waals surface area contributed by atoms with E-state index >= 15 is 0 Å². The molecule has 0 saturated heterocycles. The Morgan fingerprint density at radius 2 is 1.62 bits per heavy atom. The maximum atomic E-state index is 12.1. The van der Waals surface area contributed by atoms with Crippen molar-refractivity contribution in [2.45, 2.75) is 38.9 Å². The SMILES string of the molecule is CC(C)(CCOc1cccc(CC(=O)O)c1)CCOS(=O)(=O)Cc1ccccc1. The molecule has 2 aromatic rings. The van der Waals surface area contributed by atoms with Crippen molar-refractivity contribution >= 4 is 16.1 Å². The molecule has 2 rings (SSSR count). The van der Waals surface area contributed by atoms with Crippen molar-refractivity contribution < 1.29 is 27.2 Å². The fourth-order valence-corrected chi connectivity index (χ4v) is 3.78. The minimum atomic E-state index is -3.61. The monoisotopic (exact) mass is 420 g/mol. The van der Waals surface area contributed by atoms with Gasteiger partial charge in [0.15, 0.2) is 0 Å². The first-order valence-corrected chi connectivity index (χ1v) is 11.1. The zero-order valence-corrected chi connectivity index (χ0v) is 17.7. The van der Waals surface area contributed by atoms with E-state index in [0.717, 1.165) is 0 Å². The van der Waals surface area contributed by atoms with Gasteiger partial charge in [-0.25, -0.2) is 0 Å². The Labute approximate surface area is 172 Å². The van der Waals surface area contributed by atoms with Gasteiger partial charge >= 0.3 is 5.97 Å². The predicted molar refractivity (Wildman–Crippen MR) is 111 cm³/mol. The molecule has 0 amide bonds. The van der Waals surface area contributed by atoms with Crippen molar-refractivity contribution in [1.29, 1.82) is 0 Å². The fraction of sp³-hybridized carbons (Fsp3) is 0.409. The van der Waals surface area contributed by atoms with Crippen molar-refractivity contribution in [2.75, 3.05) is 13.2 Å². The molecule has 0 aliphatic heterocycles. The van der Waals surface area contributed by atoms with E-state index in [1.165, 1.54) is 0 Å². The molecule has 0 bridgehead atoms. The van der Waals surface area contributed by atoms with E-state index in [9.17, 15) is 13.2 Å². The second kappa shape index (κ2) is 10.4. The van der Waals surface area contributed by atoms with Crippen molar-refractivity contribution in [3.05, 3.63) is 65.7 Å². The van der Waals surface area contributed by atoms with Crippen LogP contribution < -0.4 is 4.74 Å². The minimum absolute atomic E-state index is 0.0442. The molecule has 0 aliphatic rings. The molecule has 0 atom stereocenters. The molecule has 0 spiro atoms. The van der Waals surface area contributed by atoms with Gasteiger partial charge in [-0.2, -0.15) is 8.42 Å². The summed E-state index contributed by atoms with van der Waals surface area (Å²) in [6.45, 7) is 4.63. The minimum Gasteiger partial charge on any atom is -0.494 e. The zero-order valence-electron chi connectivity index (χ0n) is 16.8. The Hall–Kier alpha value is -2.38. The Bertz CT molecular complexity index is 891. The van der Waals surface area contributed by atoms with E-state index < -0.39 is 16.1 Å². The van der Waals surface area contributed by atoms with Crippen LogP contribution >= 0.6 is 0 Å². The average molecular weight is 421 g/mol. The molecule has 29 heavy (non-hydrogen) atoms. The van der Waals surface area contributed by atoms with Crippen molar-refractivity contribution in [1.82, 2.24) is 0 Å². The van der Waals surface area contributed by atoms with Crippen LogP contribution in [-0.4, -0.2) is 32.7 Å². The Morgan fingerprint density at radius 3 is 2.31 bits per heavy atom. The van der Waals surface area contributed by atoms with Crippen LogP contribution in [0.25, 0.3) is 0 Å². The van der Waals surface area contributed by atoms with Gasteiger partial charge in [0.05, 0.1) is 19.6 Å². The van der Waals surface area contributed by atoms with E-state index in [-0.39, 0.29) is 24.2 Å². The summed E-state index contributed by atoms with van der Waals surface area (Å²) in [6.07, 6.45) is 1.24. The van der Waals surface area contributed by atoms with Gasteiger partial charge in [0.25, 0.3) is 10.1 Å². The van der Waals surface area contributed by atoms with Gasteiger partial charge in [-0.05, 0) is 41.5 Å². The Morgan fingerprint density at radius 1 is 0.966 bits per heavy atom. The Balaban J connectivity index is 1.75. The van der Waals surface area contributed by atoms with E-state index in [0.29, 0.717) is 36.3 Å². The van der Waals surface area contributed by atoms with Crippen LogP contribution in [0.2, 0.25) is 0 Å². The maximum absolute atomic E-state index is 12.1. The molecule has 7 heteroatoms. The summed E-state index contributed by atoms with van der Waals surface area (Å²) in [4.78, 5) is 10.8. The van der Waals surface area contributed by atoms with E-state index in [1.807, 2.05) is 19.9 Å². The smallest absolute Gasteiger partial charge is 0.307 e. The summed E-state index contributed by atoms with van der Waals surface area (Å²) in [5.74, 6) is -0.393. The van der Waals surface area contributed by atoms with Crippen LogP contribution in [0.1, 0.15) is 37.8 Å². The second-order valence-electron chi connectivity index (χ2n) is 7.74. The predicted octanol–water partition coefficient (Wildman–Crippen LogP) is 4.05. The first kappa shape index (κ1) is 22.9. The number of carboxylic acid groups (broad SMARTS) is 1. The van der Waals surface area contributed by atoms with Crippen LogP contribution in [0.5, 0.6) is 5.75 Å². The molecule has 0 fully saturated rings.